The molecule has 0 fully saturated rings. The molecule has 0 radical (unpaired) electrons. The first-order chi connectivity index (χ1) is 12.3. The summed E-state index contributed by atoms with van der Waals surface area (Å²) in [7, 11) is 0. The van der Waals surface area contributed by atoms with E-state index in [1.807, 2.05) is 36.5 Å². The van der Waals surface area contributed by atoms with Crippen molar-refractivity contribution in [1.82, 2.24) is 4.90 Å². The zero-order chi connectivity index (χ0) is 17.7. The molecular weight excluding hydrogens is 306 g/mol. The van der Waals surface area contributed by atoms with Crippen molar-refractivity contribution < 1.29 is 0 Å². The monoisotopic (exact) mass is 337 g/mol. The van der Waals surface area contributed by atoms with Crippen molar-refractivity contribution in [1.29, 1.82) is 0 Å². The maximum Gasteiger partial charge on any atom is 0.0561 e. The van der Waals surface area contributed by atoms with Crippen molar-refractivity contribution >= 4 is 11.9 Å². The molecule has 3 heteroatoms. The fraction of sp³-hybridized carbons (Fsp3) is 0.409. The fourth-order valence-electron chi connectivity index (χ4n) is 2.77. The summed E-state index contributed by atoms with van der Waals surface area (Å²) in [4.78, 5) is 2.57. The first-order valence-electron chi connectivity index (χ1n) is 9.47. The number of unbranched alkanes of at least 4 members (excludes halogenated alkanes) is 2. The summed E-state index contributed by atoms with van der Waals surface area (Å²) < 4.78 is 0. The number of nitrogens with one attached hydrogen (secondary N) is 1. The van der Waals surface area contributed by atoms with E-state index in [9.17, 15) is 0 Å². The van der Waals surface area contributed by atoms with Gasteiger partial charge in [0.05, 0.1) is 11.9 Å². The Balaban J connectivity index is 2.02. The highest BCUT2D eigenvalue weighted by atomic mass is 15.3. The van der Waals surface area contributed by atoms with E-state index < -0.39 is 0 Å². The Morgan fingerprint density at radius 1 is 0.880 bits per heavy atom. The second kappa shape index (κ2) is 11.4. The van der Waals surface area contributed by atoms with Crippen LogP contribution in [0.25, 0.3) is 0 Å². The maximum absolute atomic E-state index is 4.41. The molecule has 0 bridgehead atoms. The van der Waals surface area contributed by atoms with Gasteiger partial charge in [0, 0.05) is 6.54 Å². The Kier molecular flexibility index (Phi) is 8.78. The predicted molar refractivity (Wildman–Crippen MR) is 109 cm³/mol. The van der Waals surface area contributed by atoms with Gasteiger partial charge in [0.1, 0.15) is 0 Å². The first kappa shape index (κ1) is 19.2. The van der Waals surface area contributed by atoms with E-state index in [1.165, 1.54) is 49.9 Å². The van der Waals surface area contributed by atoms with Crippen LogP contribution < -0.4 is 5.43 Å². The highest BCUT2D eigenvalue weighted by Crippen LogP contribution is 2.12. The number of rotatable bonds is 11. The van der Waals surface area contributed by atoms with E-state index in [4.69, 9.17) is 0 Å². The Labute approximate surface area is 152 Å². The standard InChI is InChI=1S/C22H31N3/c1-3-5-16-25(17-6-4-2)19-21-13-11-10-12-20(21)18-23-24-22-14-8-7-9-15-22/h7-15,18,24H,3-6,16-17,19H2,1-2H3. The number of benzene rings is 2. The molecule has 0 aromatic heterocycles. The summed E-state index contributed by atoms with van der Waals surface area (Å²) in [6.07, 6.45) is 6.94. The molecule has 2 aromatic carbocycles. The van der Waals surface area contributed by atoms with Crippen LogP contribution >= 0.6 is 0 Å². The van der Waals surface area contributed by atoms with Crippen LogP contribution in [0.15, 0.2) is 59.7 Å². The fourth-order valence-corrected chi connectivity index (χ4v) is 2.77. The van der Waals surface area contributed by atoms with Crippen LogP contribution in [0.4, 0.5) is 5.69 Å². The maximum atomic E-state index is 4.41. The van der Waals surface area contributed by atoms with Crippen LogP contribution in [0.1, 0.15) is 50.7 Å². The van der Waals surface area contributed by atoms with Crippen LogP contribution in [0.5, 0.6) is 0 Å². The number of anilines is 1. The summed E-state index contributed by atoms with van der Waals surface area (Å²) in [6, 6.07) is 18.6. The molecule has 1 N–H and O–H groups in total. The minimum atomic E-state index is 0.994. The van der Waals surface area contributed by atoms with Crippen LogP contribution in [0.2, 0.25) is 0 Å². The van der Waals surface area contributed by atoms with Crippen LogP contribution in [0, 0.1) is 0 Å². The molecule has 0 atom stereocenters. The van der Waals surface area contributed by atoms with Crippen molar-refractivity contribution in [2.24, 2.45) is 5.10 Å². The van der Waals surface area contributed by atoms with Crippen LogP contribution in [0.3, 0.4) is 0 Å². The van der Waals surface area contributed by atoms with E-state index in [0.29, 0.717) is 0 Å². The Morgan fingerprint density at radius 3 is 2.20 bits per heavy atom. The van der Waals surface area contributed by atoms with Crippen molar-refractivity contribution in [2.45, 2.75) is 46.1 Å². The molecule has 25 heavy (non-hydrogen) atoms. The van der Waals surface area contributed by atoms with Gasteiger partial charge in [0.25, 0.3) is 0 Å². The van der Waals surface area contributed by atoms with Gasteiger partial charge >= 0.3 is 0 Å². The van der Waals surface area contributed by atoms with Gasteiger partial charge in [-0.3, -0.25) is 10.3 Å². The molecule has 0 aliphatic heterocycles. The average molecular weight is 338 g/mol. The molecular formula is C22H31N3. The first-order valence-corrected chi connectivity index (χ1v) is 9.47. The second-order valence-electron chi connectivity index (χ2n) is 6.42. The molecule has 0 saturated heterocycles. The lowest BCUT2D eigenvalue weighted by atomic mass is 10.1. The van der Waals surface area contributed by atoms with Gasteiger partial charge in [-0.25, -0.2) is 0 Å². The van der Waals surface area contributed by atoms with Gasteiger partial charge in [0.15, 0.2) is 0 Å². The van der Waals surface area contributed by atoms with Crippen molar-refractivity contribution in [3.05, 3.63) is 65.7 Å². The quantitative estimate of drug-likeness (QED) is 0.431. The van der Waals surface area contributed by atoms with Crippen molar-refractivity contribution in [3.63, 3.8) is 0 Å². The molecule has 0 aliphatic rings. The Bertz CT molecular complexity index is 614. The van der Waals surface area contributed by atoms with E-state index in [-0.39, 0.29) is 0 Å². The summed E-state index contributed by atoms with van der Waals surface area (Å²) in [5, 5.41) is 4.41. The number of hydrogen-bond acceptors (Lipinski definition) is 3. The molecule has 3 nitrogen and oxygen atoms in total. The number of hydrazone groups is 1. The third-order valence-corrected chi connectivity index (χ3v) is 4.28. The van der Waals surface area contributed by atoms with Gasteiger partial charge in [-0.15, -0.1) is 0 Å². The topological polar surface area (TPSA) is 27.6 Å². The second-order valence-corrected chi connectivity index (χ2v) is 6.42. The lowest BCUT2D eigenvalue weighted by molar-refractivity contribution is 0.257. The van der Waals surface area contributed by atoms with E-state index >= 15 is 0 Å². The zero-order valence-electron chi connectivity index (χ0n) is 15.6. The van der Waals surface area contributed by atoms with Crippen molar-refractivity contribution in [3.8, 4) is 0 Å². The highest BCUT2D eigenvalue weighted by molar-refractivity contribution is 5.82. The average Bonchev–Trinajstić information content (AvgIpc) is 2.66. The summed E-state index contributed by atoms with van der Waals surface area (Å²) in [6.45, 7) is 7.85. The molecule has 0 amide bonds. The molecule has 134 valence electrons. The summed E-state index contributed by atoms with van der Waals surface area (Å²) in [5.41, 5.74) is 6.63. The van der Waals surface area contributed by atoms with Gasteiger partial charge in [-0.05, 0) is 49.2 Å². The molecule has 0 saturated carbocycles. The van der Waals surface area contributed by atoms with Crippen LogP contribution in [-0.2, 0) is 6.54 Å². The third kappa shape index (κ3) is 7.10. The van der Waals surface area contributed by atoms with Gasteiger partial charge < -0.3 is 0 Å². The lowest BCUT2D eigenvalue weighted by Gasteiger charge is -2.23. The lowest BCUT2D eigenvalue weighted by Crippen LogP contribution is -2.26. The minimum Gasteiger partial charge on any atom is -0.299 e. The van der Waals surface area contributed by atoms with E-state index in [0.717, 1.165) is 12.2 Å². The summed E-state index contributed by atoms with van der Waals surface area (Å²) >= 11 is 0. The molecule has 0 aliphatic carbocycles. The number of nitrogens with zero attached hydrogens (tertiary/aromatic N) is 2. The third-order valence-electron chi connectivity index (χ3n) is 4.28. The number of hydrogen-bond donors (Lipinski definition) is 1. The van der Waals surface area contributed by atoms with Gasteiger partial charge in [-0.1, -0.05) is 69.2 Å². The van der Waals surface area contributed by atoms with E-state index in [2.05, 4.69) is 53.5 Å². The Hall–Kier alpha value is -2.13. The van der Waals surface area contributed by atoms with Gasteiger partial charge in [-0.2, -0.15) is 5.10 Å². The summed E-state index contributed by atoms with van der Waals surface area (Å²) in [5.74, 6) is 0. The van der Waals surface area contributed by atoms with E-state index in [1.54, 1.807) is 0 Å². The smallest absolute Gasteiger partial charge is 0.0561 e. The molecule has 0 unspecified atom stereocenters. The van der Waals surface area contributed by atoms with Gasteiger partial charge in [0.2, 0.25) is 0 Å². The zero-order valence-corrected chi connectivity index (χ0v) is 15.6. The highest BCUT2D eigenvalue weighted by Gasteiger charge is 2.07. The molecule has 0 heterocycles. The van der Waals surface area contributed by atoms with Crippen molar-refractivity contribution in [2.75, 3.05) is 18.5 Å². The molecule has 2 aromatic rings. The molecule has 0 spiro atoms. The normalized spacial score (nSPS) is 11.3. The largest absolute Gasteiger partial charge is 0.299 e. The minimum absolute atomic E-state index is 0.994. The van der Waals surface area contributed by atoms with Crippen LogP contribution in [-0.4, -0.2) is 24.2 Å². The molecule has 2 rings (SSSR count). The number of para-hydroxylation sites is 1. The predicted octanol–water partition coefficient (Wildman–Crippen LogP) is 5.53. The SMILES string of the molecule is CCCCN(CCCC)Cc1ccccc1C=NNc1ccccc1. The Morgan fingerprint density at radius 2 is 1.52 bits per heavy atom.